The Bertz CT molecular complexity index is 891. The summed E-state index contributed by atoms with van der Waals surface area (Å²) >= 11 is 0. The van der Waals surface area contributed by atoms with Gasteiger partial charge >= 0.3 is 5.97 Å². The Hall–Kier alpha value is -3.08. The second-order valence-electron chi connectivity index (χ2n) is 8.54. The van der Waals surface area contributed by atoms with Crippen LogP contribution in [0, 0.1) is 31.1 Å². The molecule has 0 radical (unpaired) electrons. The molecule has 0 fully saturated rings. The maximum Gasteiger partial charge on any atom is 0.349 e. The molecular weight excluding hydrogens is 408 g/mol. The minimum atomic E-state index is -0.865. The number of carbonyl (C=O) groups excluding carboxylic acids is 3. The summed E-state index contributed by atoms with van der Waals surface area (Å²) in [5.41, 5.74) is 2.61. The molecule has 0 bridgehead atoms. The average molecular weight is 445 g/mol. The average Bonchev–Trinajstić information content (AvgIpc) is 2.98. The Kier molecular flexibility index (Phi) is 10.7. The van der Waals surface area contributed by atoms with Gasteiger partial charge in [0.15, 0.2) is 6.61 Å². The van der Waals surface area contributed by atoms with Gasteiger partial charge in [0.1, 0.15) is 11.6 Å². The van der Waals surface area contributed by atoms with Gasteiger partial charge in [-0.3, -0.25) is 9.59 Å². The Balaban J connectivity index is 2.83. The number of hydrogen-bond acceptors (Lipinski definition) is 5. The molecule has 8 heteroatoms. The van der Waals surface area contributed by atoms with Gasteiger partial charge in [-0.1, -0.05) is 13.8 Å². The van der Waals surface area contributed by atoms with E-state index in [0.717, 1.165) is 29.9 Å². The molecule has 1 heterocycles. The second kappa shape index (κ2) is 12.7. The van der Waals surface area contributed by atoms with Gasteiger partial charge in [-0.2, -0.15) is 5.26 Å². The van der Waals surface area contributed by atoms with Crippen molar-refractivity contribution in [2.24, 2.45) is 5.92 Å². The number of amides is 2. The third kappa shape index (κ3) is 8.22. The van der Waals surface area contributed by atoms with Gasteiger partial charge < -0.3 is 19.5 Å². The molecule has 1 N–H and O–H groups in total. The van der Waals surface area contributed by atoms with Crippen molar-refractivity contribution in [2.45, 2.75) is 67.5 Å². The van der Waals surface area contributed by atoms with Crippen molar-refractivity contribution in [3.05, 3.63) is 28.6 Å². The van der Waals surface area contributed by atoms with Gasteiger partial charge in [0.2, 0.25) is 5.91 Å². The zero-order valence-corrected chi connectivity index (χ0v) is 20.3. The van der Waals surface area contributed by atoms with Crippen molar-refractivity contribution in [1.29, 1.82) is 5.26 Å². The van der Waals surface area contributed by atoms with Crippen molar-refractivity contribution in [1.82, 2.24) is 14.8 Å². The fraction of sp³-hybridized carbons (Fsp3) is 0.583. The maximum atomic E-state index is 12.4. The number of esters is 1. The SMILES string of the molecule is CCN(CC(=O)NC(C)C)C(=O)COC(=O)/C(C#N)=C/c1cc(C)n(CCC(C)C)c1C. The first-order chi connectivity index (χ1) is 15.0. The van der Waals surface area contributed by atoms with Gasteiger partial charge in [-0.05, 0) is 64.7 Å². The van der Waals surface area contributed by atoms with Gasteiger partial charge in [0.25, 0.3) is 5.91 Å². The topological polar surface area (TPSA) is 104 Å². The second-order valence-corrected chi connectivity index (χ2v) is 8.54. The van der Waals surface area contributed by atoms with Crippen molar-refractivity contribution >= 4 is 23.9 Å². The highest BCUT2D eigenvalue weighted by atomic mass is 16.5. The minimum Gasteiger partial charge on any atom is -0.451 e. The van der Waals surface area contributed by atoms with Crippen molar-refractivity contribution in [3.8, 4) is 6.07 Å². The van der Waals surface area contributed by atoms with Gasteiger partial charge in [-0.15, -0.1) is 0 Å². The lowest BCUT2D eigenvalue weighted by Gasteiger charge is -2.20. The highest BCUT2D eigenvalue weighted by Gasteiger charge is 2.20. The lowest BCUT2D eigenvalue weighted by Crippen LogP contribution is -2.44. The normalized spacial score (nSPS) is 11.4. The van der Waals surface area contributed by atoms with Crippen LogP contribution >= 0.6 is 0 Å². The first kappa shape index (κ1) is 27.0. The summed E-state index contributed by atoms with van der Waals surface area (Å²) in [6.07, 6.45) is 2.52. The predicted octanol–water partition coefficient (Wildman–Crippen LogP) is 2.97. The van der Waals surface area contributed by atoms with Crippen molar-refractivity contribution in [2.75, 3.05) is 19.7 Å². The van der Waals surface area contributed by atoms with Gasteiger partial charge in [0, 0.05) is 30.5 Å². The summed E-state index contributed by atoms with van der Waals surface area (Å²) in [7, 11) is 0. The number of aromatic nitrogens is 1. The number of ether oxygens (including phenoxy) is 1. The fourth-order valence-corrected chi connectivity index (χ4v) is 3.21. The van der Waals surface area contributed by atoms with E-state index >= 15 is 0 Å². The van der Waals surface area contributed by atoms with E-state index in [1.165, 1.54) is 11.0 Å². The van der Waals surface area contributed by atoms with Crippen molar-refractivity contribution < 1.29 is 19.1 Å². The molecule has 0 atom stereocenters. The van der Waals surface area contributed by atoms with E-state index in [1.54, 1.807) is 6.92 Å². The number of rotatable bonds is 11. The third-order valence-electron chi connectivity index (χ3n) is 5.03. The van der Waals surface area contributed by atoms with E-state index in [4.69, 9.17) is 4.74 Å². The van der Waals surface area contributed by atoms with Crippen LogP contribution in [0.5, 0.6) is 0 Å². The molecule has 176 valence electrons. The number of nitrogens with zero attached hydrogens (tertiary/aromatic N) is 3. The smallest absolute Gasteiger partial charge is 0.349 e. The molecule has 1 aromatic rings. The van der Waals surface area contributed by atoms with Crippen LogP contribution < -0.4 is 5.32 Å². The molecule has 0 saturated carbocycles. The molecule has 0 saturated heterocycles. The van der Waals surface area contributed by atoms with Gasteiger partial charge in [-0.25, -0.2) is 4.79 Å². The maximum absolute atomic E-state index is 12.4. The van der Waals surface area contributed by atoms with Crippen LogP contribution in [0.1, 0.15) is 58.0 Å². The summed E-state index contributed by atoms with van der Waals surface area (Å²) < 4.78 is 7.23. The number of aryl methyl sites for hydroxylation is 1. The monoisotopic (exact) mass is 444 g/mol. The van der Waals surface area contributed by atoms with Crippen LogP contribution in [0.4, 0.5) is 0 Å². The molecule has 1 rings (SSSR count). The Labute approximate surface area is 191 Å². The first-order valence-electron chi connectivity index (χ1n) is 11.0. The first-order valence-corrected chi connectivity index (χ1v) is 11.0. The van der Waals surface area contributed by atoms with E-state index in [1.807, 2.05) is 39.8 Å². The molecule has 0 aliphatic carbocycles. The summed E-state index contributed by atoms with van der Waals surface area (Å²) in [5.74, 6) is -1.08. The summed E-state index contributed by atoms with van der Waals surface area (Å²) in [4.78, 5) is 38.0. The molecule has 32 heavy (non-hydrogen) atoms. The van der Waals surface area contributed by atoms with Crippen LogP contribution in [-0.2, 0) is 25.7 Å². The highest BCUT2D eigenvalue weighted by Crippen LogP contribution is 2.20. The Morgan fingerprint density at radius 1 is 1.25 bits per heavy atom. The van der Waals surface area contributed by atoms with E-state index in [0.29, 0.717) is 12.5 Å². The van der Waals surface area contributed by atoms with E-state index in [-0.39, 0.29) is 24.1 Å². The zero-order valence-electron chi connectivity index (χ0n) is 20.3. The minimum absolute atomic E-state index is 0.0372. The lowest BCUT2D eigenvalue weighted by molar-refractivity contribution is -0.149. The number of carbonyl (C=O) groups is 3. The van der Waals surface area contributed by atoms with Crippen molar-refractivity contribution in [3.63, 3.8) is 0 Å². The zero-order chi connectivity index (χ0) is 24.4. The molecular formula is C24H36N4O4. The molecule has 1 aromatic heterocycles. The summed E-state index contributed by atoms with van der Waals surface area (Å²) in [6, 6.07) is 3.76. The largest absolute Gasteiger partial charge is 0.451 e. The van der Waals surface area contributed by atoms with Crippen LogP contribution in [0.25, 0.3) is 6.08 Å². The molecule has 0 unspecified atom stereocenters. The lowest BCUT2D eigenvalue weighted by atomic mass is 10.1. The number of nitrogens with one attached hydrogen (secondary N) is 1. The predicted molar refractivity (Wildman–Crippen MR) is 123 cm³/mol. The molecule has 0 spiro atoms. The third-order valence-corrected chi connectivity index (χ3v) is 5.03. The van der Waals surface area contributed by atoms with Gasteiger partial charge in [0.05, 0.1) is 6.54 Å². The molecule has 0 aliphatic heterocycles. The molecule has 0 aromatic carbocycles. The summed E-state index contributed by atoms with van der Waals surface area (Å²) in [5, 5.41) is 12.2. The quantitative estimate of drug-likeness (QED) is 0.321. The number of hydrogen-bond donors (Lipinski definition) is 1. The highest BCUT2D eigenvalue weighted by molar-refractivity contribution is 5.99. The van der Waals surface area contributed by atoms with Crippen LogP contribution in [0.15, 0.2) is 11.6 Å². The fourth-order valence-electron chi connectivity index (χ4n) is 3.21. The number of nitriles is 1. The van der Waals surface area contributed by atoms with Crippen LogP contribution in [0.2, 0.25) is 0 Å². The van der Waals surface area contributed by atoms with E-state index in [2.05, 4.69) is 23.7 Å². The molecule has 8 nitrogen and oxygen atoms in total. The van der Waals surface area contributed by atoms with Crippen LogP contribution in [0.3, 0.4) is 0 Å². The van der Waals surface area contributed by atoms with E-state index < -0.39 is 18.5 Å². The Morgan fingerprint density at radius 3 is 2.44 bits per heavy atom. The number of likely N-dealkylation sites (N-methyl/N-ethyl adjacent to an activating group) is 1. The van der Waals surface area contributed by atoms with E-state index in [9.17, 15) is 19.6 Å². The molecule has 0 aliphatic rings. The van der Waals surface area contributed by atoms with Crippen LogP contribution in [-0.4, -0.2) is 53.0 Å². The Morgan fingerprint density at radius 2 is 1.91 bits per heavy atom. The molecule has 2 amide bonds. The summed E-state index contributed by atoms with van der Waals surface area (Å²) in [6.45, 7) is 14.2. The standard InChI is InChI=1S/C24H36N4O4/c1-8-27(14-22(29)26-17(4)5)23(30)15-32-24(31)21(13-25)12-20-11-18(6)28(19(20)7)10-9-16(2)3/h11-12,16-17H,8-10,14-15H2,1-7H3,(H,26,29)/b21-12+.